The fraction of sp³-hybridized carbons (Fsp3) is 0.933. The van der Waals surface area contributed by atoms with E-state index in [-0.39, 0.29) is 29.6 Å². The zero-order valence-corrected chi connectivity index (χ0v) is 16.8. The van der Waals surface area contributed by atoms with Crippen LogP contribution in [0.25, 0.3) is 0 Å². The normalized spacial score (nSPS) is 17.0. The molecule has 1 aliphatic heterocycles. The number of rotatable bonds is 8. The van der Waals surface area contributed by atoms with E-state index in [4.69, 9.17) is 9.47 Å². The fourth-order valence-corrected chi connectivity index (χ4v) is 2.08. The highest BCUT2D eigenvalue weighted by atomic mass is 127. The first-order chi connectivity index (χ1) is 10.1. The maximum atomic E-state index is 5.38. The van der Waals surface area contributed by atoms with Gasteiger partial charge in [0, 0.05) is 40.3 Å². The highest BCUT2D eigenvalue weighted by molar-refractivity contribution is 14.0. The average Bonchev–Trinajstić information content (AvgIpc) is 2.51. The van der Waals surface area contributed by atoms with Gasteiger partial charge in [-0.05, 0) is 33.2 Å². The van der Waals surface area contributed by atoms with Crippen LogP contribution >= 0.6 is 24.0 Å². The molecule has 0 aromatic carbocycles. The lowest BCUT2D eigenvalue weighted by Crippen LogP contribution is -2.45. The highest BCUT2D eigenvalue weighted by Crippen LogP contribution is 2.04. The predicted octanol–water partition coefficient (Wildman–Crippen LogP) is 1.31. The zero-order valence-electron chi connectivity index (χ0n) is 14.5. The summed E-state index contributed by atoms with van der Waals surface area (Å²) in [7, 11) is 3.52. The highest BCUT2D eigenvalue weighted by Gasteiger charge is 2.16. The summed E-state index contributed by atoms with van der Waals surface area (Å²) < 4.78 is 10.7. The van der Waals surface area contributed by atoms with E-state index >= 15 is 0 Å². The van der Waals surface area contributed by atoms with E-state index in [0.29, 0.717) is 0 Å². The molecular weight excluding hydrogens is 395 g/mol. The minimum atomic E-state index is -0.187. The van der Waals surface area contributed by atoms with Gasteiger partial charge in [-0.25, -0.2) is 0 Å². The van der Waals surface area contributed by atoms with Gasteiger partial charge in [-0.15, -0.1) is 24.0 Å². The van der Waals surface area contributed by atoms with E-state index < -0.39 is 0 Å². The molecule has 1 aliphatic rings. The van der Waals surface area contributed by atoms with Crippen molar-refractivity contribution in [1.82, 2.24) is 15.5 Å². The summed E-state index contributed by atoms with van der Waals surface area (Å²) in [6.45, 7) is 10.8. The van der Waals surface area contributed by atoms with Gasteiger partial charge in [0.1, 0.15) is 0 Å². The lowest BCUT2D eigenvalue weighted by atomic mass is 10.1. The molecule has 1 fully saturated rings. The molecular formula is C15H33IN4O2. The molecule has 22 heavy (non-hydrogen) atoms. The Labute approximate surface area is 152 Å². The summed E-state index contributed by atoms with van der Waals surface area (Å²) in [5.74, 6) is 0.839. The Bertz CT molecular complexity index is 308. The number of aliphatic imine (C=N–C) groups is 1. The smallest absolute Gasteiger partial charge is 0.191 e. The number of hydrogen-bond donors (Lipinski definition) is 2. The van der Waals surface area contributed by atoms with Gasteiger partial charge in [0.15, 0.2) is 5.96 Å². The SMILES string of the molecule is CN=C(NCCCCN1CCOCC1)NCC(C)(C)OC.I. The molecule has 6 nitrogen and oxygen atoms in total. The van der Waals surface area contributed by atoms with Crippen LogP contribution in [0.5, 0.6) is 0 Å². The molecule has 0 spiro atoms. The van der Waals surface area contributed by atoms with Gasteiger partial charge < -0.3 is 20.1 Å². The summed E-state index contributed by atoms with van der Waals surface area (Å²) >= 11 is 0. The summed E-state index contributed by atoms with van der Waals surface area (Å²) in [5.41, 5.74) is -0.187. The first-order valence-electron chi connectivity index (χ1n) is 7.87. The van der Waals surface area contributed by atoms with Gasteiger partial charge >= 0.3 is 0 Å². The molecule has 0 unspecified atom stereocenters. The van der Waals surface area contributed by atoms with Gasteiger partial charge in [0.2, 0.25) is 0 Å². The van der Waals surface area contributed by atoms with Crippen molar-refractivity contribution in [2.24, 2.45) is 4.99 Å². The van der Waals surface area contributed by atoms with E-state index in [1.54, 1.807) is 14.2 Å². The van der Waals surface area contributed by atoms with E-state index in [2.05, 4.69) is 34.4 Å². The van der Waals surface area contributed by atoms with Crippen molar-refractivity contribution in [1.29, 1.82) is 0 Å². The third kappa shape index (κ3) is 9.81. The average molecular weight is 428 g/mol. The van der Waals surface area contributed by atoms with Gasteiger partial charge in [-0.2, -0.15) is 0 Å². The minimum absolute atomic E-state index is 0. The summed E-state index contributed by atoms with van der Waals surface area (Å²) in [6, 6.07) is 0. The maximum Gasteiger partial charge on any atom is 0.191 e. The second-order valence-corrected chi connectivity index (χ2v) is 5.98. The third-order valence-corrected chi connectivity index (χ3v) is 3.76. The largest absolute Gasteiger partial charge is 0.379 e. The van der Waals surface area contributed by atoms with Crippen molar-refractivity contribution in [2.75, 3.05) is 60.1 Å². The molecule has 0 saturated carbocycles. The Morgan fingerprint density at radius 1 is 1.23 bits per heavy atom. The molecule has 132 valence electrons. The minimum Gasteiger partial charge on any atom is -0.379 e. The van der Waals surface area contributed by atoms with E-state index in [1.165, 1.54) is 6.42 Å². The van der Waals surface area contributed by atoms with Crippen molar-refractivity contribution in [3.05, 3.63) is 0 Å². The molecule has 0 bridgehead atoms. The fourth-order valence-electron chi connectivity index (χ4n) is 2.08. The van der Waals surface area contributed by atoms with Crippen LogP contribution in [-0.2, 0) is 9.47 Å². The molecule has 0 radical (unpaired) electrons. The van der Waals surface area contributed by atoms with Crippen molar-refractivity contribution in [3.63, 3.8) is 0 Å². The predicted molar refractivity (Wildman–Crippen MR) is 102 cm³/mol. The zero-order chi connectivity index (χ0) is 15.6. The number of nitrogens with zero attached hydrogens (tertiary/aromatic N) is 2. The number of guanidine groups is 1. The summed E-state index contributed by atoms with van der Waals surface area (Å²) in [4.78, 5) is 6.69. The number of ether oxygens (including phenoxy) is 2. The summed E-state index contributed by atoms with van der Waals surface area (Å²) in [6.07, 6.45) is 2.35. The van der Waals surface area contributed by atoms with E-state index in [0.717, 1.165) is 58.3 Å². The Hall–Kier alpha value is -0.120. The Morgan fingerprint density at radius 2 is 1.91 bits per heavy atom. The topological polar surface area (TPSA) is 58.1 Å². The molecule has 0 aliphatic carbocycles. The number of methoxy groups -OCH3 is 1. The first-order valence-corrected chi connectivity index (χ1v) is 7.87. The van der Waals surface area contributed by atoms with E-state index in [9.17, 15) is 0 Å². The van der Waals surface area contributed by atoms with Crippen LogP contribution in [0.4, 0.5) is 0 Å². The molecule has 1 rings (SSSR count). The van der Waals surface area contributed by atoms with E-state index in [1.807, 2.05) is 0 Å². The number of hydrogen-bond acceptors (Lipinski definition) is 4. The number of morpholine rings is 1. The second-order valence-electron chi connectivity index (χ2n) is 5.98. The number of unbranched alkanes of at least 4 members (excludes halogenated alkanes) is 1. The molecule has 0 aromatic rings. The lowest BCUT2D eigenvalue weighted by molar-refractivity contribution is 0.0268. The van der Waals surface area contributed by atoms with Crippen LogP contribution in [-0.4, -0.2) is 76.6 Å². The van der Waals surface area contributed by atoms with Crippen molar-refractivity contribution >= 4 is 29.9 Å². The van der Waals surface area contributed by atoms with Gasteiger partial charge in [0.05, 0.1) is 18.8 Å². The molecule has 0 atom stereocenters. The van der Waals surface area contributed by atoms with Gasteiger partial charge in [-0.3, -0.25) is 9.89 Å². The second kappa shape index (κ2) is 12.3. The standard InChI is InChI=1S/C15H32N4O2.HI/c1-15(2,20-4)13-18-14(16-3)17-7-5-6-8-19-9-11-21-12-10-19;/h5-13H2,1-4H3,(H2,16,17,18);1H. The first kappa shape index (κ1) is 21.9. The van der Waals surface area contributed by atoms with Gasteiger partial charge in [-0.1, -0.05) is 0 Å². The Kier molecular flexibility index (Phi) is 12.3. The summed E-state index contributed by atoms with van der Waals surface area (Å²) in [5, 5.41) is 6.63. The monoisotopic (exact) mass is 428 g/mol. The Balaban J connectivity index is 0.00000441. The molecule has 1 saturated heterocycles. The number of nitrogens with one attached hydrogen (secondary N) is 2. The molecule has 0 amide bonds. The third-order valence-electron chi connectivity index (χ3n) is 3.76. The number of halogens is 1. The van der Waals surface area contributed by atoms with Crippen LogP contribution in [0.3, 0.4) is 0 Å². The lowest BCUT2D eigenvalue weighted by Gasteiger charge is -2.26. The van der Waals surface area contributed by atoms with Crippen LogP contribution in [0.1, 0.15) is 26.7 Å². The van der Waals surface area contributed by atoms with Crippen molar-refractivity contribution < 1.29 is 9.47 Å². The molecule has 7 heteroatoms. The quantitative estimate of drug-likeness (QED) is 0.264. The van der Waals surface area contributed by atoms with Crippen LogP contribution in [0.2, 0.25) is 0 Å². The Morgan fingerprint density at radius 3 is 2.50 bits per heavy atom. The maximum absolute atomic E-state index is 5.38. The van der Waals surface area contributed by atoms with Crippen molar-refractivity contribution in [3.8, 4) is 0 Å². The molecule has 2 N–H and O–H groups in total. The molecule has 1 heterocycles. The van der Waals surface area contributed by atoms with Crippen LogP contribution < -0.4 is 10.6 Å². The van der Waals surface area contributed by atoms with Crippen LogP contribution in [0.15, 0.2) is 4.99 Å². The van der Waals surface area contributed by atoms with Crippen molar-refractivity contribution in [2.45, 2.75) is 32.3 Å². The van der Waals surface area contributed by atoms with Gasteiger partial charge in [0.25, 0.3) is 0 Å². The molecule has 0 aromatic heterocycles. The van der Waals surface area contributed by atoms with Crippen LogP contribution in [0, 0.1) is 0 Å².